The summed E-state index contributed by atoms with van der Waals surface area (Å²) in [5.41, 5.74) is 0.226. The van der Waals surface area contributed by atoms with E-state index in [1.54, 1.807) is 0 Å². The van der Waals surface area contributed by atoms with Crippen LogP contribution in [-0.4, -0.2) is 61.8 Å². The first kappa shape index (κ1) is 14.6. The number of nitrogens with zero attached hydrogens (tertiary/aromatic N) is 1. The van der Waals surface area contributed by atoms with Crippen molar-refractivity contribution in [1.29, 1.82) is 0 Å². The van der Waals surface area contributed by atoms with E-state index in [2.05, 4.69) is 36.1 Å². The van der Waals surface area contributed by atoms with E-state index in [-0.39, 0.29) is 5.60 Å². The smallest absolute Gasteiger partial charge is 0.0795 e. The Kier molecular flexibility index (Phi) is 5.80. The van der Waals surface area contributed by atoms with Crippen molar-refractivity contribution >= 4 is 11.8 Å². The molecule has 0 aromatic rings. The first-order chi connectivity index (χ1) is 8.70. The molecule has 2 fully saturated rings. The zero-order valence-electron chi connectivity index (χ0n) is 11.9. The summed E-state index contributed by atoms with van der Waals surface area (Å²) in [5.74, 6) is 2.50. The molecule has 2 rings (SSSR count). The quantitative estimate of drug-likeness (QED) is 0.747. The third-order valence-corrected chi connectivity index (χ3v) is 5.25. The fraction of sp³-hybridized carbons (Fsp3) is 1.00. The Labute approximate surface area is 116 Å². The van der Waals surface area contributed by atoms with Crippen LogP contribution in [0.2, 0.25) is 0 Å². The molecule has 2 saturated heterocycles. The second kappa shape index (κ2) is 7.13. The summed E-state index contributed by atoms with van der Waals surface area (Å²) in [6, 6.07) is 0.691. The molecule has 0 radical (unpaired) electrons. The van der Waals surface area contributed by atoms with Gasteiger partial charge < -0.3 is 15.0 Å². The maximum absolute atomic E-state index is 6.05. The second-order valence-corrected chi connectivity index (χ2v) is 7.09. The largest absolute Gasteiger partial charge is 0.374 e. The first-order valence-corrected chi connectivity index (χ1v) is 8.45. The minimum absolute atomic E-state index is 0.226. The summed E-state index contributed by atoms with van der Waals surface area (Å²) in [6.07, 6.45) is 6.27. The van der Waals surface area contributed by atoms with Crippen molar-refractivity contribution in [2.75, 3.05) is 45.3 Å². The zero-order valence-corrected chi connectivity index (χ0v) is 12.7. The van der Waals surface area contributed by atoms with E-state index in [1.165, 1.54) is 56.7 Å². The van der Waals surface area contributed by atoms with Gasteiger partial charge in [0.25, 0.3) is 0 Å². The van der Waals surface area contributed by atoms with Gasteiger partial charge in [-0.2, -0.15) is 11.8 Å². The SMILES string of the molecule is CN(C)CCCCNC1CCOC2(CCSC2)C1. The Bertz CT molecular complexity index is 242. The molecule has 3 nitrogen and oxygen atoms in total. The van der Waals surface area contributed by atoms with Gasteiger partial charge in [-0.25, -0.2) is 0 Å². The van der Waals surface area contributed by atoms with Crippen molar-refractivity contribution in [1.82, 2.24) is 10.2 Å². The lowest BCUT2D eigenvalue weighted by atomic mass is 9.90. The Balaban J connectivity index is 1.61. The van der Waals surface area contributed by atoms with Gasteiger partial charge in [0.15, 0.2) is 0 Å². The molecule has 0 saturated carbocycles. The molecular weight excluding hydrogens is 244 g/mol. The summed E-state index contributed by atoms with van der Waals surface area (Å²) < 4.78 is 6.05. The summed E-state index contributed by atoms with van der Waals surface area (Å²) >= 11 is 2.06. The van der Waals surface area contributed by atoms with Gasteiger partial charge in [0.05, 0.1) is 5.60 Å². The van der Waals surface area contributed by atoms with Crippen LogP contribution in [0.15, 0.2) is 0 Å². The normalized spacial score (nSPS) is 32.5. The van der Waals surface area contributed by atoms with Crippen LogP contribution in [0.5, 0.6) is 0 Å². The van der Waals surface area contributed by atoms with E-state index in [0.717, 1.165) is 6.61 Å². The van der Waals surface area contributed by atoms with E-state index in [9.17, 15) is 0 Å². The summed E-state index contributed by atoms with van der Waals surface area (Å²) in [4.78, 5) is 2.26. The van der Waals surface area contributed by atoms with Crippen LogP contribution >= 0.6 is 11.8 Å². The minimum Gasteiger partial charge on any atom is -0.374 e. The van der Waals surface area contributed by atoms with Crippen molar-refractivity contribution in [2.45, 2.75) is 43.7 Å². The van der Waals surface area contributed by atoms with E-state index >= 15 is 0 Å². The maximum atomic E-state index is 6.05. The Morgan fingerprint density at radius 2 is 2.28 bits per heavy atom. The van der Waals surface area contributed by atoms with Gasteiger partial charge in [0.2, 0.25) is 0 Å². The summed E-state index contributed by atoms with van der Waals surface area (Å²) in [7, 11) is 4.29. The molecule has 1 spiro atoms. The first-order valence-electron chi connectivity index (χ1n) is 7.30. The number of rotatable bonds is 6. The van der Waals surface area contributed by atoms with Crippen LogP contribution in [0.1, 0.15) is 32.1 Å². The van der Waals surface area contributed by atoms with Crippen LogP contribution in [0.25, 0.3) is 0 Å². The highest BCUT2D eigenvalue weighted by Gasteiger charge is 2.40. The van der Waals surface area contributed by atoms with Crippen LogP contribution in [0, 0.1) is 0 Å². The van der Waals surface area contributed by atoms with Crippen molar-refractivity contribution < 1.29 is 4.74 Å². The van der Waals surface area contributed by atoms with Crippen LogP contribution < -0.4 is 5.32 Å². The summed E-state index contributed by atoms with van der Waals surface area (Å²) in [6.45, 7) is 3.33. The molecule has 2 aliphatic rings. The monoisotopic (exact) mass is 272 g/mol. The molecule has 2 aliphatic heterocycles. The van der Waals surface area contributed by atoms with E-state index in [0.29, 0.717) is 6.04 Å². The van der Waals surface area contributed by atoms with E-state index in [4.69, 9.17) is 4.74 Å². The average Bonchev–Trinajstić information content (AvgIpc) is 2.76. The lowest BCUT2D eigenvalue weighted by molar-refractivity contribution is -0.0700. The third-order valence-electron chi connectivity index (χ3n) is 4.03. The molecule has 0 aliphatic carbocycles. The van der Waals surface area contributed by atoms with Gasteiger partial charge in [0.1, 0.15) is 0 Å². The van der Waals surface area contributed by atoms with E-state index < -0.39 is 0 Å². The molecular formula is C14H28N2OS. The maximum Gasteiger partial charge on any atom is 0.0795 e. The molecule has 0 aromatic carbocycles. The number of unbranched alkanes of at least 4 members (excludes halogenated alkanes) is 1. The summed E-state index contributed by atoms with van der Waals surface area (Å²) in [5, 5.41) is 3.74. The van der Waals surface area contributed by atoms with Crippen molar-refractivity contribution in [2.24, 2.45) is 0 Å². The Morgan fingerprint density at radius 1 is 1.39 bits per heavy atom. The van der Waals surface area contributed by atoms with Gasteiger partial charge in [-0.3, -0.25) is 0 Å². The van der Waals surface area contributed by atoms with Gasteiger partial charge in [-0.15, -0.1) is 0 Å². The molecule has 2 unspecified atom stereocenters. The highest BCUT2D eigenvalue weighted by atomic mass is 32.2. The van der Waals surface area contributed by atoms with Gasteiger partial charge in [0, 0.05) is 18.4 Å². The van der Waals surface area contributed by atoms with Gasteiger partial charge in [-0.1, -0.05) is 0 Å². The van der Waals surface area contributed by atoms with Crippen LogP contribution in [0.4, 0.5) is 0 Å². The fourth-order valence-electron chi connectivity index (χ4n) is 2.92. The number of hydrogen-bond acceptors (Lipinski definition) is 4. The molecule has 106 valence electrons. The highest BCUT2D eigenvalue weighted by Crippen LogP contribution is 2.38. The molecule has 0 bridgehead atoms. The predicted octanol–water partition coefficient (Wildman–Crippen LogP) is 1.97. The minimum atomic E-state index is 0.226. The third kappa shape index (κ3) is 4.41. The van der Waals surface area contributed by atoms with Gasteiger partial charge in [-0.05, 0) is 65.0 Å². The number of thioether (sulfide) groups is 1. The zero-order chi connectivity index (χ0) is 12.8. The average molecular weight is 272 g/mol. The number of ether oxygens (including phenoxy) is 1. The standard InChI is InChI=1S/C14H28N2OS/c1-16(2)8-4-3-7-15-13-5-9-17-14(11-13)6-10-18-12-14/h13,15H,3-12H2,1-2H3. The van der Waals surface area contributed by atoms with Crippen molar-refractivity contribution in [3.8, 4) is 0 Å². The molecule has 1 N–H and O–H groups in total. The Hall–Kier alpha value is 0.230. The van der Waals surface area contributed by atoms with Crippen LogP contribution in [0.3, 0.4) is 0 Å². The molecule has 0 amide bonds. The van der Waals surface area contributed by atoms with Crippen molar-refractivity contribution in [3.63, 3.8) is 0 Å². The molecule has 4 heteroatoms. The second-order valence-electron chi connectivity index (χ2n) is 5.99. The lowest BCUT2D eigenvalue weighted by Crippen LogP contribution is -2.47. The lowest BCUT2D eigenvalue weighted by Gasteiger charge is -2.38. The fourth-order valence-corrected chi connectivity index (χ4v) is 4.30. The topological polar surface area (TPSA) is 24.5 Å². The van der Waals surface area contributed by atoms with E-state index in [1.807, 2.05) is 0 Å². The predicted molar refractivity (Wildman–Crippen MR) is 79.4 cm³/mol. The number of nitrogens with one attached hydrogen (secondary N) is 1. The molecule has 18 heavy (non-hydrogen) atoms. The number of hydrogen-bond donors (Lipinski definition) is 1. The Morgan fingerprint density at radius 3 is 3.00 bits per heavy atom. The molecule has 2 atom stereocenters. The molecule has 2 heterocycles. The van der Waals surface area contributed by atoms with Gasteiger partial charge >= 0.3 is 0 Å². The van der Waals surface area contributed by atoms with Crippen molar-refractivity contribution in [3.05, 3.63) is 0 Å². The van der Waals surface area contributed by atoms with Crippen LogP contribution in [-0.2, 0) is 4.74 Å². The molecule has 0 aromatic heterocycles. The highest BCUT2D eigenvalue weighted by molar-refractivity contribution is 7.99.